The maximum atomic E-state index is 5.22. The van der Waals surface area contributed by atoms with E-state index in [1.807, 2.05) is 0 Å². The van der Waals surface area contributed by atoms with E-state index in [1.165, 1.54) is 87.6 Å². The molecule has 11 rings (SSSR count). The topological polar surface area (TPSA) is 12.4 Å². The van der Waals surface area contributed by atoms with Gasteiger partial charge in [-0.25, -0.2) is 0 Å². The largest absolute Gasteiger partial charge is 0.252 e. The second-order valence-electron chi connectivity index (χ2n) is 14.5. The monoisotopic (exact) mass is 697 g/mol. The molecule has 2 aliphatic rings. The van der Waals surface area contributed by atoms with Crippen LogP contribution in [0.15, 0.2) is 211 Å². The molecular weight excluding hydrogens is 663 g/mol. The zero-order valence-corrected chi connectivity index (χ0v) is 30.2. The first kappa shape index (κ1) is 31.4. The molecule has 1 heterocycles. The molecule has 0 spiro atoms. The van der Waals surface area contributed by atoms with Gasteiger partial charge in [0, 0.05) is 11.5 Å². The summed E-state index contributed by atoms with van der Waals surface area (Å²) in [5.41, 5.74) is 13.3. The SMILES string of the molecule is C1=CC2=NC(c3ccc(-c4c5ccccc5c(-c5c6ccccc6c(-c6ccccc6)c6ccccc56)c5ccccc45)cc3)=C(c3ccccc3)C2C=C1. The molecule has 1 aliphatic carbocycles. The fourth-order valence-corrected chi connectivity index (χ4v) is 9.19. The van der Waals surface area contributed by atoms with Crippen LogP contribution in [0.3, 0.4) is 0 Å². The maximum absolute atomic E-state index is 5.22. The number of nitrogens with zero attached hydrogens (tertiary/aromatic N) is 1. The molecule has 0 fully saturated rings. The van der Waals surface area contributed by atoms with Crippen molar-refractivity contribution < 1.29 is 0 Å². The average molecular weight is 698 g/mol. The smallest absolute Gasteiger partial charge is 0.0753 e. The highest BCUT2D eigenvalue weighted by atomic mass is 14.8. The van der Waals surface area contributed by atoms with Crippen molar-refractivity contribution in [2.45, 2.75) is 0 Å². The second kappa shape index (κ2) is 12.8. The third kappa shape index (κ3) is 4.97. The Morgan fingerprint density at radius 3 is 1.13 bits per heavy atom. The fraction of sp³-hybridized carbons (Fsp3) is 0.0185. The van der Waals surface area contributed by atoms with Crippen LogP contribution in [-0.4, -0.2) is 5.71 Å². The second-order valence-corrected chi connectivity index (χ2v) is 14.5. The Morgan fingerprint density at radius 2 is 0.673 bits per heavy atom. The zero-order chi connectivity index (χ0) is 36.3. The van der Waals surface area contributed by atoms with Crippen LogP contribution in [0.5, 0.6) is 0 Å². The van der Waals surface area contributed by atoms with E-state index in [0.717, 1.165) is 17.0 Å². The summed E-state index contributed by atoms with van der Waals surface area (Å²) in [6, 6.07) is 66.6. The summed E-state index contributed by atoms with van der Waals surface area (Å²) in [6.07, 6.45) is 8.65. The van der Waals surface area contributed by atoms with Crippen molar-refractivity contribution in [2.24, 2.45) is 10.9 Å². The van der Waals surface area contributed by atoms with Crippen molar-refractivity contribution in [3.8, 4) is 33.4 Å². The highest BCUT2D eigenvalue weighted by Crippen LogP contribution is 2.50. The third-order valence-electron chi connectivity index (χ3n) is 11.5. The first-order valence-corrected chi connectivity index (χ1v) is 19.1. The molecule has 1 aliphatic heterocycles. The molecule has 0 radical (unpaired) electrons. The van der Waals surface area contributed by atoms with Crippen LogP contribution in [0.25, 0.3) is 87.7 Å². The number of aliphatic imine (C=N–C) groups is 1. The van der Waals surface area contributed by atoms with Crippen molar-refractivity contribution in [3.63, 3.8) is 0 Å². The normalized spacial score (nSPS) is 15.0. The number of fused-ring (bicyclic) bond motifs is 5. The van der Waals surface area contributed by atoms with E-state index in [4.69, 9.17) is 4.99 Å². The van der Waals surface area contributed by atoms with E-state index >= 15 is 0 Å². The number of allylic oxidation sites excluding steroid dienone is 5. The molecule has 9 aromatic rings. The summed E-state index contributed by atoms with van der Waals surface area (Å²) in [5.74, 6) is 0.163. The van der Waals surface area contributed by atoms with Crippen LogP contribution in [0.4, 0.5) is 0 Å². The van der Waals surface area contributed by atoms with Gasteiger partial charge in [0.1, 0.15) is 0 Å². The van der Waals surface area contributed by atoms with Crippen molar-refractivity contribution in [3.05, 3.63) is 217 Å². The third-order valence-corrected chi connectivity index (χ3v) is 11.5. The van der Waals surface area contributed by atoms with Crippen LogP contribution in [-0.2, 0) is 0 Å². The molecule has 9 aromatic carbocycles. The molecule has 1 unspecified atom stereocenters. The molecule has 0 saturated heterocycles. The van der Waals surface area contributed by atoms with Crippen molar-refractivity contribution >= 4 is 60.1 Å². The van der Waals surface area contributed by atoms with Crippen LogP contribution in [0.1, 0.15) is 11.1 Å². The minimum Gasteiger partial charge on any atom is -0.252 e. The summed E-state index contributed by atoms with van der Waals surface area (Å²) >= 11 is 0. The zero-order valence-electron chi connectivity index (χ0n) is 30.2. The lowest BCUT2D eigenvalue weighted by atomic mass is 9.81. The number of hydrogen-bond donors (Lipinski definition) is 0. The van der Waals surface area contributed by atoms with Crippen LogP contribution >= 0.6 is 0 Å². The van der Waals surface area contributed by atoms with Gasteiger partial charge in [-0.3, -0.25) is 4.99 Å². The Labute approximate surface area is 320 Å². The molecule has 55 heavy (non-hydrogen) atoms. The van der Waals surface area contributed by atoms with Gasteiger partial charge in [-0.1, -0.05) is 200 Å². The standard InChI is InChI=1S/C54H35N/c1-3-17-35(18-4-1)49-39-21-7-11-25-43(39)52(44-26-12-8-22-40(44)49)53-45-27-13-9-23-41(45)50(42-24-10-14-28-46(42)53)37-31-33-38(34-32-37)54-51(36-19-5-2-6-20-36)47-29-15-16-30-48(47)55-54/h1-34,47H. The van der Waals surface area contributed by atoms with Gasteiger partial charge in [-0.2, -0.15) is 0 Å². The first-order valence-electron chi connectivity index (χ1n) is 19.1. The van der Waals surface area contributed by atoms with Gasteiger partial charge in [0.25, 0.3) is 0 Å². The lowest BCUT2D eigenvalue weighted by Crippen LogP contribution is -2.09. The molecule has 1 atom stereocenters. The van der Waals surface area contributed by atoms with Gasteiger partial charge in [-0.05, 0) is 93.7 Å². The molecule has 0 aromatic heterocycles. The molecule has 1 heteroatoms. The Bertz CT molecular complexity index is 2990. The summed E-state index contributed by atoms with van der Waals surface area (Å²) in [6.45, 7) is 0. The summed E-state index contributed by atoms with van der Waals surface area (Å²) < 4.78 is 0. The highest BCUT2D eigenvalue weighted by Gasteiger charge is 2.29. The summed E-state index contributed by atoms with van der Waals surface area (Å²) in [5, 5.41) is 10.0. The van der Waals surface area contributed by atoms with E-state index in [-0.39, 0.29) is 5.92 Å². The molecular formula is C54H35N. The minimum atomic E-state index is 0.163. The Kier molecular flexibility index (Phi) is 7.31. The molecule has 256 valence electrons. The average Bonchev–Trinajstić information content (AvgIpc) is 3.65. The van der Waals surface area contributed by atoms with E-state index < -0.39 is 0 Å². The summed E-state index contributed by atoms with van der Waals surface area (Å²) in [4.78, 5) is 5.22. The van der Waals surface area contributed by atoms with Gasteiger partial charge in [-0.15, -0.1) is 0 Å². The van der Waals surface area contributed by atoms with Gasteiger partial charge in [0.2, 0.25) is 0 Å². The van der Waals surface area contributed by atoms with Gasteiger partial charge < -0.3 is 0 Å². The predicted octanol–water partition coefficient (Wildman–Crippen LogP) is 14.4. The quantitative estimate of drug-likeness (QED) is 0.159. The number of rotatable bonds is 5. The van der Waals surface area contributed by atoms with E-state index in [0.29, 0.717) is 0 Å². The molecule has 0 saturated carbocycles. The Morgan fingerprint density at radius 1 is 0.309 bits per heavy atom. The lowest BCUT2D eigenvalue weighted by molar-refractivity contribution is 1.18. The van der Waals surface area contributed by atoms with Crippen molar-refractivity contribution in [2.75, 3.05) is 0 Å². The van der Waals surface area contributed by atoms with Gasteiger partial charge in [0.15, 0.2) is 0 Å². The number of benzene rings is 9. The Balaban J connectivity index is 1.16. The molecule has 1 nitrogen and oxygen atoms in total. The van der Waals surface area contributed by atoms with Crippen molar-refractivity contribution in [1.82, 2.24) is 0 Å². The van der Waals surface area contributed by atoms with E-state index in [1.54, 1.807) is 0 Å². The molecule has 0 bridgehead atoms. The van der Waals surface area contributed by atoms with E-state index in [9.17, 15) is 0 Å². The maximum Gasteiger partial charge on any atom is 0.0753 e. The van der Waals surface area contributed by atoms with Crippen molar-refractivity contribution in [1.29, 1.82) is 0 Å². The summed E-state index contributed by atoms with van der Waals surface area (Å²) in [7, 11) is 0. The Hall–Kier alpha value is -7.09. The van der Waals surface area contributed by atoms with Gasteiger partial charge >= 0.3 is 0 Å². The van der Waals surface area contributed by atoms with Gasteiger partial charge in [0.05, 0.1) is 11.4 Å². The first-order chi connectivity index (χ1) is 27.3. The molecule has 0 amide bonds. The fourth-order valence-electron chi connectivity index (χ4n) is 9.19. The van der Waals surface area contributed by atoms with Crippen LogP contribution < -0.4 is 0 Å². The van der Waals surface area contributed by atoms with Crippen LogP contribution in [0, 0.1) is 5.92 Å². The highest BCUT2D eigenvalue weighted by molar-refractivity contribution is 6.30. The number of hydrogen-bond acceptors (Lipinski definition) is 1. The van der Waals surface area contributed by atoms with E-state index in [2.05, 4.69) is 206 Å². The minimum absolute atomic E-state index is 0.163. The molecule has 0 N–H and O–H groups in total. The predicted molar refractivity (Wildman–Crippen MR) is 235 cm³/mol. The van der Waals surface area contributed by atoms with Crippen LogP contribution in [0.2, 0.25) is 0 Å². The lowest BCUT2D eigenvalue weighted by Gasteiger charge is -2.22.